The molecule has 0 saturated heterocycles. The molecule has 0 saturated carbocycles. The number of carbonyl (C=O) groups excluding carboxylic acids is 2. The van der Waals surface area contributed by atoms with Crippen molar-refractivity contribution in [3.8, 4) is 0 Å². The fourth-order valence-corrected chi connectivity index (χ4v) is 6.04. The van der Waals surface area contributed by atoms with Gasteiger partial charge in [0.1, 0.15) is 0 Å². The molecule has 4 nitrogen and oxygen atoms in total. The molecule has 1 atom stereocenters. The van der Waals surface area contributed by atoms with Crippen molar-refractivity contribution >= 4 is 30.5 Å². The number of benzene rings is 3. The quantitative estimate of drug-likeness (QED) is 0.229. The summed E-state index contributed by atoms with van der Waals surface area (Å²) >= 11 is 0. The van der Waals surface area contributed by atoms with Crippen molar-refractivity contribution in [2.45, 2.75) is 5.66 Å². The lowest BCUT2D eigenvalue weighted by Gasteiger charge is -2.27. The summed E-state index contributed by atoms with van der Waals surface area (Å²) in [5, 5.41) is 2.41. The molecule has 0 aliphatic carbocycles. The molecular formula is C26H25O4P. The molecule has 158 valence electrons. The first-order valence-electron chi connectivity index (χ1n) is 9.94. The Labute approximate surface area is 184 Å². The monoisotopic (exact) mass is 432 g/mol. The van der Waals surface area contributed by atoms with E-state index in [1.54, 1.807) is 6.08 Å². The lowest BCUT2D eigenvalue weighted by atomic mass is 10.1. The molecule has 0 radical (unpaired) electrons. The van der Waals surface area contributed by atoms with Crippen LogP contribution in [0.4, 0.5) is 0 Å². The van der Waals surface area contributed by atoms with Crippen LogP contribution in [0.1, 0.15) is 11.2 Å². The van der Waals surface area contributed by atoms with Crippen LogP contribution in [0, 0.1) is 5.92 Å². The highest BCUT2D eigenvalue weighted by molar-refractivity contribution is 7.73. The van der Waals surface area contributed by atoms with E-state index < -0.39 is 25.8 Å². The molecule has 3 aromatic rings. The Balaban J connectivity index is 2.12. The second kappa shape index (κ2) is 11.2. The van der Waals surface area contributed by atoms with Crippen LogP contribution in [0.3, 0.4) is 0 Å². The van der Waals surface area contributed by atoms with Crippen molar-refractivity contribution in [1.29, 1.82) is 0 Å². The van der Waals surface area contributed by atoms with E-state index in [1.807, 2.05) is 60.7 Å². The smallest absolute Gasteiger partial charge is 0.323 e. The van der Waals surface area contributed by atoms with Crippen molar-refractivity contribution < 1.29 is 19.1 Å². The summed E-state index contributed by atoms with van der Waals surface area (Å²) in [4.78, 5) is 24.4. The Morgan fingerprint density at radius 1 is 0.677 bits per heavy atom. The Morgan fingerprint density at radius 2 is 1.10 bits per heavy atom. The minimum absolute atomic E-state index is 0.0576. The van der Waals surface area contributed by atoms with Crippen LogP contribution in [0.15, 0.2) is 103 Å². The summed E-state index contributed by atoms with van der Waals surface area (Å²) < 4.78 is 9.63. The number of esters is 2. The molecule has 0 fully saturated rings. The summed E-state index contributed by atoms with van der Waals surface area (Å²) in [5.41, 5.74) is 1.05. The van der Waals surface area contributed by atoms with E-state index in [0.29, 0.717) is 0 Å². The second-order valence-electron chi connectivity index (χ2n) is 6.81. The van der Waals surface area contributed by atoms with Crippen LogP contribution in [0.5, 0.6) is 0 Å². The average molecular weight is 432 g/mol. The maximum atomic E-state index is 12.2. The number of hydrogen-bond acceptors (Lipinski definition) is 4. The third-order valence-electron chi connectivity index (χ3n) is 4.88. The first-order valence-corrected chi connectivity index (χ1v) is 11.3. The maximum Gasteiger partial charge on any atom is 0.323 e. The van der Waals surface area contributed by atoms with Crippen molar-refractivity contribution in [2.75, 3.05) is 14.2 Å². The van der Waals surface area contributed by atoms with E-state index in [-0.39, 0.29) is 5.66 Å². The Morgan fingerprint density at radius 3 is 1.52 bits per heavy atom. The maximum absolute atomic E-state index is 12.2. The zero-order valence-electron chi connectivity index (χ0n) is 17.5. The van der Waals surface area contributed by atoms with Gasteiger partial charge < -0.3 is 9.47 Å². The number of ether oxygens (including phenoxy) is 2. The molecule has 0 aliphatic rings. The predicted octanol–water partition coefficient (Wildman–Crippen LogP) is 4.38. The first-order chi connectivity index (χ1) is 15.2. The van der Waals surface area contributed by atoms with Gasteiger partial charge in [-0.3, -0.25) is 9.59 Å². The molecule has 1 unspecified atom stereocenters. The van der Waals surface area contributed by atoms with E-state index in [0.717, 1.165) is 5.56 Å². The second-order valence-corrected chi connectivity index (χ2v) is 9.13. The lowest BCUT2D eigenvalue weighted by molar-refractivity contribution is -0.156. The molecule has 0 heterocycles. The zero-order valence-corrected chi connectivity index (χ0v) is 18.4. The number of methoxy groups -OCH3 is 2. The van der Waals surface area contributed by atoms with E-state index in [2.05, 4.69) is 36.4 Å². The van der Waals surface area contributed by atoms with Gasteiger partial charge in [-0.05, 0) is 24.1 Å². The molecule has 31 heavy (non-hydrogen) atoms. The standard InChI is InChI=1S/C26H25O4P/c1-29-25(27)23(26(28)30-2)18-19-24(20-12-6-3-7-13-20)31(21-14-8-4-9-15-21)22-16-10-5-11-17-22/h3-19,23-24H,1-2H3/b19-18+. The molecular weight excluding hydrogens is 407 g/mol. The molecule has 0 bridgehead atoms. The minimum atomic E-state index is -1.11. The van der Waals surface area contributed by atoms with Gasteiger partial charge in [-0.1, -0.05) is 103 Å². The largest absolute Gasteiger partial charge is 0.468 e. The van der Waals surface area contributed by atoms with Gasteiger partial charge in [0.05, 0.1) is 14.2 Å². The Bertz CT molecular complexity index is 948. The van der Waals surface area contributed by atoms with Gasteiger partial charge >= 0.3 is 11.9 Å². The Kier molecular flexibility index (Phi) is 8.14. The van der Waals surface area contributed by atoms with E-state index in [1.165, 1.54) is 24.8 Å². The summed E-state index contributed by atoms with van der Waals surface area (Å²) in [6, 6.07) is 30.7. The average Bonchev–Trinajstić information content (AvgIpc) is 2.84. The van der Waals surface area contributed by atoms with Gasteiger partial charge in [0.2, 0.25) is 0 Å². The number of carbonyl (C=O) groups is 2. The van der Waals surface area contributed by atoms with Crippen molar-refractivity contribution in [2.24, 2.45) is 5.92 Å². The van der Waals surface area contributed by atoms with Gasteiger partial charge in [-0.25, -0.2) is 0 Å². The van der Waals surface area contributed by atoms with E-state index in [9.17, 15) is 9.59 Å². The minimum Gasteiger partial charge on any atom is -0.468 e. The molecule has 0 amide bonds. The van der Waals surface area contributed by atoms with Gasteiger partial charge in [-0.15, -0.1) is 0 Å². The molecule has 0 aromatic heterocycles. The third kappa shape index (κ3) is 5.68. The zero-order chi connectivity index (χ0) is 22.1. The third-order valence-corrected chi connectivity index (χ3v) is 7.62. The highest BCUT2D eigenvalue weighted by atomic mass is 31.1. The Hall–Kier alpha value is -3.23. The lowest BCUT2D eigenvalue weighted by Crippen LogP contribution is -2.25. The van der Waals surface area contributed by atoms with Crippen molar-refractivity contribution in [1.82, 2.24) is 0 Å². The molecule has 0 spiro atoms. The molecule has 3 rings (SSSR count). The SMILES string of the molecule is COC(=O)C(/C=C/C(c1ccccc1)P(c1ccccc1)c1ccccc1)C(=O)OC. The van der Waals surface area contributed by atoms with Gasteiger partial charge in [0, 0.05) is 5.66 Å². The van der Waals surface area contributed by atoms with Gasteiger partial charge in [0.15, 0.2) is 5.92 Å². The van der Waals surface area contributed by atoms with Crippen LogP contribution in [-0.4, -0.2) is 26.2 Å². The van der Waals surface area contributed by atoms with Crippen molar-refractivity contribution in [3.05, 3.63) is 109 Å². The normalized spacial score (nSPS) is 12.1. The van der Waals surface area contributed by atoms with Crippen LogP contribution in [-0.2, 0) is 19.1 Å². The topological polar surface area (TPSA) is 52.6 Å². The van der Waals surface area contributed by atoms with Gasteiger partial charge in [-0.2, -0.15) is 0 Å². The molecule has 3 aromatic carbocycles. The first kappa shape index (κ1) is 22.5. The number of hydrogen-bond donors (Lipinski definition) is 0. The summed E-state index contributed by atoms with van der Waals surface area (Å²) in [6.45, 7) is 0. The number of rotatable bonds is 8. The van der Waals surface area contributed by atoms with Crippen LogP contribution >= 0.6 is 7.92 Å². The molecule has 0 aliphatic heterocycles. The molecule has 0 N–H and O–H groups in total. The van der Waals surface area contributed by atoms with Crippen molar-refractivity contribution in [3.63, 3.8) is 0 Å². The predicted molar refractivity (Wildman–Crippen MR) is 125 cm³/mol. The van der Waals surface area contributed by atoms with E-state index in [4.69, 9.17) is 9.47 Å². The van der Waals surface area contributed by atoms with Crippen LogP contribution < -0.4 is 10.6 Å². The fraction of sp³-hybridized carbons (Fsp3) is 0.154. The highest BCUT2D eigenvalue weighted by Gasteiger charge is 2.29. The van der Waals surface area contributed by atoms with Crippen LogP contribution in [0.2, 0.25) is 0 Å². The summed E-state index contributed by atoms with van der Waals surface area (Å²) in [5.74, 6) is -2.39. The molecule has 5 heteroatoms. The summed E-state index contributed by atoms with van der Waals surface area (Å²) in [6.07, 6.45) is 3.55. The van der Waals surface area contributed by atoms with Crippen LogP contribution in [0.25, 0.3) is 0 Å². The highest BCUT2D eigenvalue weighted by Crippen LogP contribution is 2.50. The fourth-order valence-electron chi connectivity index (χ4n) is 3.37. The van der Waals surface area contributed by atoms with E-state index >= 15 is 0 Å². The van der Waals surface area contributed by atoms with Gasteiger partial charge in [0.25, 0.3) is 0 Å². The summed E-state index contributed by atoms with van der Waals surface area (Å²) in [7, 11) is 1.67. The number of allylic oxidation sites excluding steroid dienone is 1.